The lowest BCUT2D eigenvalue weighted by Gasteiger charge is -2.14. The number of ether oxygens (including phenoxy) is 1. The van der Waals surface area contributed by atoms with Gasteiger partial charge in [-0.3, -0.25) is 14.3 Å². The third kappa shape index (κ3) is 4.34. The molecule has 0 aliphatic rings. The lowest BCUT2D eigenvalue weighted by molar-refractivity contribution is 0.0937. The van der Waals surface area contributed by atoms with Crippen LogP contribution in [0.3, 0.4) is 0 Å². The topological polar surface area (TPSA) is 86.3 Å². The number of halogens is 1. The Morgan fingerprint density at radius 1 is 1.29 bits per heavy atom. The number of hydrogen-bond acceptors (Lipinski definition) is 4. The number of pyridine rings is 1. The van der Waals surface area contributed by atoms with Gasteiger partial charge in [0.15, 0.2) is 11.4 Å². The zero-order valence-corrected chi connectivity index (χ0v) is 13.4. The summed E-state index contributed by atoms with van der Waals surface area (Å²) in [5.41, 5.74) is 0.278. The monoisotopic (exact) mass is 333 g/mol. The highest BCUT2D eigenvalue weighted by Crippen LogP contribution is 2.13. The highest BCUT2D eigenvalue weighted by molar-refractivity contribution is 5.95. The molecular weight excluding hydrogens is 313 g/mol. The zero-order chi connectivity index (χ0) is 17.5. The van der Waals surface area contributed by atoms with Gasteiger partial charge in [-0.15, -0.1) is 0 Å². The van der Waals surface area contributed by atoms with Gasteiger partial charge in [-0.05, 0) is 24.1 Å². The third-order valence-electron chi connectivity index (χ3n) is 3.41. The van der Waals surface area contributed by atoms with E-state index in [0.29, 0.717) is 6.61 Å². The summed E-state index contributed by atoms with van der Waals surface area (Å²) in [6.07, 6.45) is 2.97. The van der Waals surface area contributed by atoms with Crippen molar-refractivity contribution in [3.05, 3.63) is 63.8 Å². The molecule has 0 radical (unpaired) electrons. The second-order valence-electron chi connectivity index (χ2n) is 5.28. The maximum absolute atomic E-state index is 12.9. The number of nitrogens with zero attached hydrogens (tertiary/aromatic N) is 1. The van der Waals surface area contributed by atoms with Crippen LogP contribution >= 0.6 is 0 Å². The molecule has 7 heteroatoms. The number of nitrogens with one attached hydrogen (secondary N) is 1. The van der Waals surface area contributed by atoms with Gasteiger partial charge in [0.25, 0.3) is 5.91 Å². The number of carbonyl (C=O) groups excluding carboxylic acids is 1. The first-order valence-electron chi connectivity index (χ1n) is 7.69. The molecule has 24 heavy (non-hydrogen) atoms. The van der Waals surface area contributed by atoms with Gasteiger partial charge in [-0.2, -0.15) is 0 Å². The van der Waals surface area contributed by atoms with Crippen LogP contribution < -0.4 is 21.3 Å². The summed E-state index contributed by atoms with van der Waals surface area (Å²) in [6, 6.07) is 6.99. The van der Waals surface area contributed by atoms with Crippen molar-refractivity contribution >= 4 is 5.91 Å². The van der Waals surface area contributed by atoms with E-state index in [1.165, 1.54) is 24.4 Å². The van der Waals surface area contributed by atoms with Crippen LogP contribution in [0.15, 0.2) is 41.3 Å². The van der Waals surface area contributed by atoms with E-state index < -0.39 is 11.3 Å². The number of unbranched alkanes of at least 4 members (excludes halogenated alkanes) is 1. The lowest BCUT2D eigenvalue weighted by Crippen LogP contribution is -2.32. The van der Waals surface area contributed by atoms with Gasteiger partial charge in [-0.25, -0.2) is 4.39 Å². The predicted molar refractivity (Wildman–Crippen MR) is 88.8 cm³/mol. The summed E-state index contributed by atoms with van der Waals surface area (Å²) in [4.78, 5) is 24.4. The first-order chi connectivity index (χ1) is 11.5. The van der Waals surface area contributed by atoms with Gasteiger partial charge in [-0.1, -0.05) is 25.5 Å². The molecule has 0 atom stereocenters. The maximum atomic E-state index is 12.9. The fraction of sp³-hybridized carbons (Fsp3) is 0.294. The highest BCUT2D eigenvalue weighted by atomic mass is 19.1. The normalized spacial score (nSPS) is 10.4. The Hall–Kier alpha value is -2.83. The predicted octanol–water partition coefficient (Wildman–Crippen LogP) is 1.81. The number of nitrogen functional groups attached to an aromatic ring is 1. The van der Waals surface area contributed by atoms with Crippen molar-refractivity contribution in [1.29, 1.82) is 0 Å². The molecule has 0 aliphatic heterocycles. The number of carbonyl (C=O) groups is 1. The molecule has 128 valence electrons. The van der Waals surface area contributed by atoms with Crippen molar-refractivity contribution < 1.29 is 13.9 Å². The molecule has 1 heterocycles. The van der Waals surface area contributed by atoms with Gasteiger partial charge in [0.1, 0.15) is 5.82 Å². The van der Waals surface area contributed by atoms with Crippen LogP contribution in [-0.4, -0.2) is 17.2 Å². The van der Waals surface area contributed by atoms with E-state index in [1.807, 2.05) is 6.92 Å². The summed E-state index contributed by atoms with van der Waals surface area (Å²) < 4.78 is 19.4. The molecule has 0 saturated carbocycles. The molecule has 0 bridgehead atoms. The van der Waals surface area contributed by atoms with Crippen molar-refractivity contribution in [1.82, 2.24) is 9.99 Å². The van der Waals surface area contributed by atoms with Crippen LogP contribution in [0.4, 0.5) is 4.39 Å². The molecule has 0 spiro atoms. The Kier molecular flexibility index (Phi) is 5.95. The smallest absolute Gasteiger partial charge is 0.274 e. The Labute approximate surface area is 139 Å². The van der Waals surface area contributed by atoms with Crippen LogP contribution in [0.5, 0.6) is 5.75 Å². The van der Waals surface area contributed by atoms with Crippen molar-refractivity contribution in [3.63, 3.8) is 0 Å². The molecule has 0 aliphatic carbocycles. The molecule has 1 aromatic carbocycles. The Balaban J connectivity index is 2.16. The average Bonchev–Trinajstić information content (AvgIpc) is 2.57. The molecule has 1 aromatic heterocycles. The van der Waals surface area contributed by atoms with E-state index in [4.69, 9.17) is 10.6 Å². The number of rotatable bonds is 7. The minimum atomic E-state index is -0.536. The third-order valence-corrected chi connectivity index (χ3v) is 3.41. The van der Waals surface area contributed by atoms with Crippen LogP contribution in [0.2, 0.25) is 0 Å². The molecular formula is C17H20FN3O3. The molecule has 6 nitrogen and oxygen atoms in total. The summed E-state index contributed by atoms with van der Waals surface area (Å²) in [6.45, 7) is 2.50. The van der Waals surface area contributed by atoms with Crippen molar-refractivity contribution in [3.8, 4) is 5.75 Å². The fourth-order valence-electron chi connectivity index (χ4n) is 2.08. The van der Waals surface area contributed by atoms with Crippen LogP contribution in [0, 0.1) is 5.82 Å². The summed E-state index contributed by atoms with van der Waals surface area (Å²) in [7, 11) is 0. The molecule has 3 N–H and O–H groups in total. The number of hydrogen-bond donors (Lipinski definition) is 2. The van der Waals surface area contributed by atoms with Gasteiger partial charge in [0.2, 0.25) is 5.43 Å². The number of aromatic nitrogens is 1. The Morgan fingerprint density at radius 3 is 2.67 bits per heavy atom. The zero-order valence-electron chi connectivity index (χ0n) is 13.4. The molecule has 0 unspecified atom stereocenters. The van der Waals surface area contributed by atoms with Crippen LogP contribution in [0.25, 0.3) is 0 Å². The Bertz CT molecular complexity index is 757. The number of amides is 1. The van der Waals surface area contributed by atoms with Crippen LogP contribution in [0.1, 0.15) is 35.8 Å². The first kappa shape index (κ1) is 17.5. The quantitative estimate of drug-likeness (QED) is 0.598. The van der Waals surface area contributed by atoms with Gasteiger partial charge >= 0.3 is 0 Å². The second-order valence-corrected chi connectivity index (χ2v) is 5.28. The van der Waals surface area contributed by atoms with E-state index in [9.17, 15) is 14.0 Å². The van der Waals surface area contributed by atoms with Crippen molar-refractivity contribution in [2.45, 2.75) is 26.3 Å². The van der Waals surface area contributed by atoms with E-state index in [-0.39, 0.29) is 23.8 Å². The fourth-order valence-corrected chi connectivity index (χ4v) is 2.08. The first-order valence-corrected chi connectivity index (χ1v) is 7.69. The molecule has 0 fully saturated rings. The SMILES string of the molecule is CCCCOc1c(C(=O)NCc2ccc(F)cc2)n(N)ccc1=O. The largest absolute Gasteiger partial charge is 0.487 e. The summed E-state index contributed by atoms with van der Waals surface area (Å²) >= 11 is 0. The average molecular weight is 333 g/mol. The molecule has 0 saturated heterocycles. The highest BCUT2D eigenvalue weighted by Gasteiger charge is 2.19. The molecule has 2 rings (SSSR count). The van der Waals surface area contributed by atoms with Gasteiger partial charge in [0.05, 0.1) is 6.61 Å². The maximum Gasteiger partial charge on any atom is 0.274 e. The molecule has 1 amide bonds. The lowest BCUT2D eigenvalue weighted by atomic mass is 10.2. The molecule has 2 aromatic rings. The van der Waals surface area contributed by atoms with Gasteiger partial charge in [0, 0.05) is 18.8 Å². The standard InChI is InChI=1S/C17H20FN3O3/c1-2-3-10-24-16-14(22)8-9-21(19)15(16)17(23)20-11-12-4-6-13(18)7-5-12/h4-9H,2-3,10-11,19H2,1H3,(H,20,23). The van der Waals surface area contributed by atoms with E-state index in [0.717, 1.165) is 23.1 Å². The van der Waals surface area contributed by atoms with E-state index >= 15 is 0 Å². The van der Waals surface area contributed by atoms with Crippen molar-refractivity contribution in [2.24, 2.45) is 0 Å². The van der Waals surface area contributed by atoms with Crippen LogP contribution in [-0.2, 0) is 6.54 Å². The number of nitrogens with two attached hydrogens (primary N) is 1. The minimum Gasteiger partial charge on any atom is -0.487 e. The van der Waals surface area contributed by atoms with E-state index in [1.54, 1.807) is 12.1 Å². The Morgan fingerprint density at radius 2 is 2.00 bits per heavy atom. The van der Waals surface area contributed by atoms with Crippen molar-refractivity contribution in [2.75, 3.05) is 12.4 Å². The summed E-state index contributed by atoms with van der Waals surface area (Å²) in [5, 5.41) is 2.65. The summed E-state index contributed by atoms with van der Waals surface area (Å²) in [5.74, 6) is 4.82. The minimum absolute atomic E-state index is 0.0410. The van der Waals surface area contributed by atoms with E-state index in [2.05, 4.69) is 5.32 Å². The second kappa shape index (κ2) is 8.14. The van der Waals surface area contributed by atoms with Gasteiger partial charge < -0.3 is 15.9 Å². The number of benzene rings is 1.